The second-order valence-electron chi connectivity index (χ2n) is 7.95. The van der Waals surface area contributed by atoms with Gasteiger partial charge in [0.25, 0.3) is 0 Å². The molecule has 32 heavy (non-hydrogen) atoms. The number of carbonyl (C=O) groups excluding carboxylic acids is 2. The molecule has 1 aliphatic rings. The highest BCUT2D eigenvalue weighted by Crippen LogP contribution is 2.31. The number of halogens is 1. The van der Waals surface area contributed by atoms with E-state index in [4.69, 9.17) is 21.1 Å². The number of ether oxygens (including phenoxy) is 2. The zero-order chi connectivity index (χ0) is 22.9. The molecule has 1 unspecified atom stereocenters. The van der Waals surface area contributed by atoms with Crippen LogP contribution in [0, 0.1) is 0 Å². The quantitative estimate of drug-likeness (QED) is 0.536. The predicted molar refractivity (Wildman–Crippen MR) is 125 cm³/mol. The van der Waals surface area contributed by atoms with Gasteiger partial charge in [0.05, 0.1) is 0 Å². The molecule has 2 aromatic rings. The second kappa shape index (κ2) is 11.8. The molecule has 7 heteroatoms. The van der Waals surface area contributed by atoms with Gasteiger partial charge in [0.15, 0.2) is 11.5 Å². The van der Waals surface area contributed by atoms with Crippen molar-refractivity contribution in [3.8, 4) is 11.5 Å². The average Bonchev–Trinajstić information content (AvgIpc) is 2.81. The van der Waals surface area contributed by atoms with Crippen LogP contribution in [0.25, 0.3) is 0 Å². The van der Waals surface area contributed by atoms with Crippen molar-refractivity contribution in [1.29, 1.82) is 0 Å². The van der Waals surface area contributed by atoms with E-state index in [1.807, 2.05) is 30.3 Å². The first-order chi connectivity index (χ1) is 15.5. The Labute approximate surface area is 194 Å². The van der Waals surface area contributed by atoms with Crippen LogP contribution >= 0.6 is 11.6 Å². The van der Waals surface area contributed by atoms with Crippen molar-refractivity contribution in [3.05, 3.63) is 58.6 Å². The van der Waals surface area contributed by atoms with Gasteiger partial charge in [-0.05, 0) is 55.2 Å². The summed E-state index contributed by atoms with van der Waals surface area (Å²) >= 11 is 6.00. The lowest BCUT2D eigenvalue weighted by molar-refractivity contribution is -0.140. The van der Waals surface area contributed by atoms with Crippen LogP contribution in [0.15, 0.2) is 42.5 Å². The van der Waals surface area contributed by atoms with Crippen molar-refractivity contribution in [2.75, 3.05) is 19.8 Å². The maximum Gasteiger partial charge on any atom is 0.242 e. The maximum atomic E-state index is 13.2. The highest BCUT2D eigenvalue weighted by molar-refractivity contribution is 6.30. The first kappa shape index (κ1) is 23.9. The zero-order valence-electron chi connectivity index (χ0n) is 18.7. The number of rotatable bonds is 10. The van der Waals surface area contributed by atoms with Gasteiger partial charge < -0.3 is 19.7 Å². The molecular formula is C25H31ClN2O4. The molecule has 0 saturated carbocycles. The first-order valence-electron chi connectivity index (χ1n) is 11.2. The third kappa shape index (κ3) is 6.63. The van der Waals surface area contributed by atoms with Gasteiger partial charge in [0.1, 0.15) is 19.3 Å². The summed E-state index contributed by atoms with van der Waals surface area (Å²) < 4.78 is 11.2. The number of aryl methyl sites for hydroxylation is 1. The summed E-state index contributed by atoms with van der Waals surface area (Å²) in [5.41, 5.74) is 1.92. The molecule has 0 saturated heterocycles. The van der Waals surface area contributed by atoms with E-state index in [2.05, 4.69) is 12.2 Å². The Morgan fingerprint density at radius 3 is 2.47 bits per heavy atom. The number of nitrogens with one attached hydrogen (secondary N) is 1. The molecule has 0 spiro atoms. The normalized spacial score (nSPS) is 13.3. The molecule has 1 N–H and O–H groups in total. The molecule has 0 aromatic heterocycles. The molecule has 0 radical (unpaired) electrons. The summed E-state index contributed by atoms with van der Waals surface area (Å²) in [5, 5.41) is 3.57. The second-order valence-corrected chi connectivity index (χ2v) is 8.38. The van der Waals surface area contributed by atoms with Gasteiger partial charge in [-0.1, -0.05) is 43.1 Å². The standard InChI is InChI=1S/C25H31ClN2O4/c1-3-4-13-27-25(30)18(2)28(17-20-5-9-21(26)10-6-20)24(29)12-8-19-7-11-22-23(16-19)32-15-14-31-22/h5-7,9-11,16,18H,3-4,8,12-15,17H2,1-2H3,(H,27,30). The van der Waals surface area contributed by atoms with E-state index >= 15 is 0 Å². The molecule has 0 bridgehead atoms. The van der Waals surface area contributed by atoms with Crippen LogP contribution in [0.1, 0.15) is 44.2 Å². The summed E-state index contributed by atoms with van der Waals surface area (Å²) in [6, 6.07) is 12.5. The van der Waals surface area contributed by atoms with Crippen LogP contribution in [0.5, 0.6) is 11.5 Å². The molecule has 1 heterocycles. The van der Waals surface area contributed by atoms with E-state index in [1.165, 1.54) is 0 Å². The number of hydrogen-bond donors (Lipinski definition) is 1. The minimum atomic E-state index is -0.574. The van der Waals surface area contributed by atoms with Gasteiger partial charge in [0.2, 0.25) is 11.8 Å². The van der Waals surface area contributed by atoms with Crippen LogP contribution in [-0.4, -0.2) is 42.5 Å². The van der Waals surface area contributed by atoms with Crippen molar-refractivity contribution >= 4 is 23.4 Å². The fourth-order valence-electron chi connectivity index (χ4n) is 3.54. The Bertz CT molecular complexity index is 917. The van der Waals surface area contributed by atoms with Gasteiger partial charge in [-0.3, -0.25) is 9.59 Å². The lowest BCUT2D eigenvalue weighted by Crippen LogP contribution is -2.47. The van der Waals surface area contributed by atoms with Crippen molar-refractivity contribution in [3.63, 3.8) is 0 Å². The molecule has 1 atom stereocenters. The first-order valence-corrected chi connectivity index (χ1v) is 11.6. The number of nitrogens with zero attached hydrogens (tertiary/aromatic N) is 1. The Morgan fingerprint density at radius 2 is 1.75 bits per heavy atom. The Hall–Kier alpha value is -2.73. The fourth-order valence-corrected chi connectivity index (χ4v) is 3.67. The summed E-state index contributed by atoms with van der Waals surface area (Å²) in [4.78, 5) is 27.5. The van der Waals surface area contributed by atoms with Gasteiger partial charge in [-0.25, -0.2) is 0 Å². The highest BCUT2D eigenvalue weighted by Gasteiger charge is 2.26. The lowest BCUT2D eigenvalue weighted by Gasteiger charge is -2.29. The van der Waals surface area contributed by atoms with E-state index in [9.17, 15) is 9.59 Å². The van der Waals surface area contributed by atoms with Crippen molar-refractivity contribution < 1.29 is 19.1 Å². The lowest BCUT2D eigenvalue weighted by atomic mass is 10.1. The number of carbonyl (C=O) groups is 2. The molecule has 3 rings (SSSR count). The topological polar surface area (TPSA) is 67.9 Å². The largest absolute Gasteiger partial charge is 0.486 e. The number of fused-ring (bicyclic) bond motifs is 1. The molecule has 0 fully saturated rings. The number of amides is 2. The Morgan fingerprint density at radius 1 is 1.06 bits per heavy atom. The molecule has 2 aromatic carbocycles. The fraction of sp³-hybridized carbons (Fsp3) is 0.440. The van der Waals surface area contributed by atoms with Crippen LogP contribution in [0.4, 0.5) is 0 Å². The summed E-state index contributed by atoms with van der Waals surface area (Å²) in [7, 11) is 0. The van der Waals surface area contributed by atoms with Crippen LogP contribution in [-0.2, 0) is 22.6 Å². The number of unbranched alkanes of at least 4 members (excludes halogenated alkanes) is 1. The third-order valence-corrected chi connectivity index (χ3v) is 5.75. The Balaban J connectivity index is 1.68. The summed E-state index contributed by atoms with van der Waals surface area (Å²) in [6.07, 6.45) is 2.75. The molecule has 6 nitrogen and oxygen atoms in total. The number of hydrogen-bond acceptors (Lipinski definition) is 4. The molecular weight excluding hydrogens is 428 g/mol. The number of benzene rings is 2. The monoisotopic (exact) mass is 458 g/mol. The molecule has 1 aliphatic heterocycles. The van der Waals surface area contributed by atoms with Crippen molar-refractivity contribution in [1.82, 2.24) is 10.2 Å². The van der Waals surface area contributed by atoms with Crippen molar-refractivity contribution in [2.24, 2.45) is 0 Å². The van der Waals surface area contributed by atoms with Crippen LogP contribution < -0.4 is 14.8 Å². The highest BCUT2D eigenvalue weighted by atomic mass is 35.5. The average molecular weight is 459 g/mol. The summed E-state index contributed by atoms with van der Waals surface area (Å²) in [5.74, 6) is 1.23. The van der Waals surface area contributed by atoms with E-state index in [-0.39, 0.29) is 11.8 Å². The van der Waals surface area contributed by atoms with Gasteiger partial charge in [-0.15, -0.1) is 0 Å². The molecule has 2 amide bonds. The zero-order valence-corrected chi connectivity index (χ0v) is 19.5. The summed E-state index contributed by atoms with van der Waals surface area (Å²) in [6.45, 7) is 5.87. The maximum absolute atomic E-state index is 13.2. The van der Waals surface area contributed by atoms with Gasteiger partial charge in [-0.2, -0.15) is 0 Å². The smallest absolute Gasteiger partial charge is 0.242 e. The molecule has 172 valence electrons. The Kier molecular flexibility index (Phi) is 8.80. The van der Waals surface area contributed by atoms with E-state index in [0.29, 0.717) is 49.9 Å². The van der Waals surface area contributed by atoms with E-state index in [1.54, 1.807) is 24.0 Å². The predicted octanol–water partition coefficient (Wildman–Crippen LogP) is 4.38. The van der Waals surface area contributed by atoms with E-state index in [0.717, 1.165) is 29.7 Å². The van der Waals surface area contributed by atoms with Gasteiger partial charge >= 0.3 is 0 Å². The van der Waals surface area contributed by atoms with Crippen LogP contribution in [0.3, 0.4) is 0 Å². The van der Waals surface area contributed by atoms with Crippen LogP contribution in [0.2, 0.25) is 5.02 Å². The van der Waals surface area contributed by atoms with Crippen molar-refractivity contribution in [2.45, 2.75) is 52.1 Å². The minimum Gasteiger partial charge on any atom is -0.486 e. The molecule has 0 aliphatic carbocycles. The third-order valence-electron chi connectivity index (χ3n) is 5.50. The SMILES string of the molecule is CCCCNC(=O)C(C)N(Cc1ccc(Cl)cc1)C(=O)CCc1ccc2c(c1)OCCO2. The van der Waals surface area contributed by atoms with E-state index < -0.39 is 6.04 Å². The minimum absolute atomic E-state index is 0.0759. The van der Waals surface area contributed by atoms with Gasteiger partial charge in [0, 0.05) is 24.5 Å².